The fourth-order valence-electron chi connectivity index (χ4n) is 6.87. The number of hydrogen-bond acceptors (Lipinski definition) is 8. The lowest BCUT2D eigenvalue weighted by atomic mass is 10.0. The van der Waals surface area contributed by atoms with E-state index in [0.717, 1.165) is 44.9 Å². The molecule has 3 N–H and O–H groups in total. The first-order valence-corrected chi connectivity index (χ1v) is 25.2. The van der Waals surface area contributed by atoms with Gasteiger partial charge in [-0.25, -0.2) is 4.57 Å². The third-order valence-electron chi connectivity index (χ3n) is 10.4. The maximum atomic E-state index is 12.6. The second-order valence-corrected chi connectivity index (χ2v) is 17.4. The monoisotopic (exact) mass is 816 g/mol. The molecule has 0 bridgehead atoms. The van der Waals surface area contributed by atoms with Crippen molar-refractivity contribution in [1.82, 2.24) is 0 Å². The van der Waals surface area contributed by atoms with E-state index < -0.39 is 26.5 Å². The largest absolute Gasteiger partial charge is 0.472 e. The van der Waals surface area contributed by atoms with Gasteiger partial charge in [0, 0.05) is 19.4 Å². The highest BCUT2D eigenvalue weighted by molar-refractivity contribution is 7.47. The van der Waals surface area contributed by atoms with Crippen LogP contribution in [0.3, 0.4) is 0 Å². The molecular formula is C46H90NO8P. The first kappa shape index (κ1) is 54.8. The highest BCUT2D eigenvalue weighted by Gasteiger charge is 2.26. The third kappa shape index (κ3) is 42.4. The predicted octanol–water partition coefficient (Wildman–Crippen LogP) is 13.8. The smallest absolute Gasteiger partial charge is 0.462 e. The minimum absolute atomic E-state index is 0.0559. The molecule has 1 unspecified atom stereocenters. The average Bonchev–Trinajstić information content (AvgIpc) is 3.18. The number of esters is 2. The number of phosphoric acid groups is 1. The summed E-state index contributed by atoms with van der Waals surface area (Å²) in [5.41, 5.74) is 5.36. The van der Waals surface area contributed by atoms with Crippen LogP contribution in [-0.4, -0.2) is 49.3 Å². The molecule has 2 atom stereocenters. The van der Waals surface area contributed by atoms with Crippen molar-refractivity contribution in [2.24, 2.45) is 5.73 Å². The zero-order valence-electron chi connectivity index (χ0n) is 36.6. The molecular weight excluding hydrogens is 725 g/mol. The Morgan fingerprint density at radius 3 is 1.29 bits per heavy atom. The molecule has 0 spiro atoms. The van der Waals surface area contributed by atoms with E-state index in [-0.39, 0.29) is 38.6 Å². The Hall–Kier alpha value is -1.25. The lowest BCUT2D eigenvalue weighted by Crippen LogP contribution is -2.29. The van der Waals surface area contributed by atoms with Crippen molar-refractivity contribution in [2.75, 3.05) is 26.4 Å². The van der Waals surface area contributed by atoms with Gasteiger partial charge in [0.15, 0.2) is 6.10 Å². The van der Waals surface area contributed by atoms with Crippen molar-refractivity contribution < 1.29 is 37.6 Å². The molecule has 0 heterocycles. The van der Waals surface area contributed by atoms with Crippen LogP contribution < -0.4 is 5.73 Å². The number of unbranched alkanes of at least 4 members (excludes halogenated alkanes) is 30. The summed E-state index contributed by atoms with van der Waals surface area (Å²) in [6.07, 6.45) is 45.3. The number of nitrogens with two attached hydrogens (primary N) is 1. The molecule has 0 aliphatic heterocycles. The molecule has 0 aliphatic carbocycles. The van der Waals surface area contributed by atoms with Gasteiger partial charge in [0.1, 0.15) is 6.61 Å². The Bertz CT molecular complexity index is 933. The topological polar surface area (TPSA) is 134 Å². The van der Waals surface area contributed by atoms with Gasteiger partial charge in [0.2, 0.25) is 0 Å². The van der Waals surface area contributed by atoms with E-state index in [2.05, 4.69) is 26.0 Å². The highest BCUT2D eigenvalue weighted by Crippen LogP contribution is 2.43. The van der Waals surface area contributed by atoms with Gasteiger partial charge in [-0.15, -0.1) is 0 Å². The second-order valence-electron chi connectivity index (χ2n) is 16.0. The van der Waals surface area contributed by atoms with Crippen molar-refractivity contribution in [1.29, 1.82) is 0 Å². The maximum absolute atomic E-state index is 12.6. The van der Waals surface area contributed by atoms with E-state index in [1.165, 1.54) is 161 Å². The Balaban J connectivity index is 4.05. The molecule has 0 aromatic rings. The quantitative estimate of drug-likeness (QED) is 0.0266. The molecule has 0 amide bonds. The number of rotatable bonds is 45. The number of ether oxygens (including phenoxy) is 2. The minimum atomic E-state index is -4.37. The van der Waals surface area contributed by atoms with Crippen LogP contribution in [0.25, 0.3) is 0 Å². The van der Waals surface area contributed by atoms with Crippen LogP contribution >= 0.6 is 7.82 Å². The average molecular weight is 816 g/mol. The number of phosphoric ester groups is 1. The molecule has 0 fully saturated rings. The van der Waals surface area contributed by atoms with E-state index >= 15 is 0 Å². The molecule has 0 radical (unpaired) electrons. The summed E-state index contributed by atoms with van der Waals surface area (Å²) < 4.78 is 32.8. The fourth-order valence-corrected chi connectivity index (χ4v) is 7.63. The lowest BCUT2D eigenvalue weighted by molar-refractivity contribution is -0.161. The molecule has 9 nitrogen and oxygen atoms in total. The molecule has 0 saturated heterocycles. The van der Waals surface area contributed by atoms with Gasteiger partial charge in [-0.05, 0) is 38.5 Å². The number of carbonyl (C=O) groups is 2. The van der Waals surface area contributed by atoms with Gasteiger partial charge in [-0.1, -0.05) is 199 Å². The lowest BCUT2D eigenvalue weighted by Gasteiger charge is -2.19. The van der Waals surface area contributed by atoms with Crippen molar-refractivity contribution in [3.8, 4) is 0 Å². The molecule has 0 rings (SSSR count). The van der Waals surface area contributed by atoms with E-state index in [1.807, 2.05) is 0 Å². The molecule has 0 aromatic heterocycles. The van der Waals surface area contributed by atoms with E-state index in [4.69, 9.17) is 24.3 Å². The van der Waals surface area contributed by atoms with Gasteiger partial charge in [0.05, 0.1) is 13.2 Å². The van der Waals surface area contributed by atoms with Gasteiger partial charge in [-0.3, -0.25) is 18.6 Å². The Morgan fingerprint density at radius 2 is 0.875 bits per heavy atom. The first-order chi connectivity index (χ1) is 27.3. The van der Waals surface area contributed by atoms with E-state index in [9.17, 15) is 19.0 Å². The van der Waals surface area contributed by atoms with Gasteiger partial charge in [0.25, 0.3) is 0 Å². The van der Waals surface area contributed by atoms with Crippen molar-refractivity contribution in [3.05, 3.63) is 12.2 Å². The van der Waals surface area contributed by atoms with Crippen LogP contribution in [0.5, 0.6) is 0 Å². The van der Waals surface area contributed by atoms with Crippen LogP contribution in [0.2, 0.25) is 0 Å². The summed E-state index contributed by atoms with van der Waals surface area (Å²) in [5.74, 6) is -0.820. The summed E-state index contributed by atoms with van der Waals surface area (Å²) in [6, 6.07) is 0. The minimum Gasteiger partial charge on any atom is -0.462 e. The molecule has 56 heavy (non-hydrogen) atoms. The summed E-state index contributed by atoms with van der Waals surface area (Å²) in [4.78, 5) is 34.9. The normalized spacial score (nSPS) is 13.3. The summed E-state index contributed by atoms with van der Waals surface area (Å²) in [6.45, 7) is 3.76. The SMILES string of the molecule is CCCCCC/C=C/CCCCCCCCCC(=O)OC[C@H](COP(=O)(O)OCCN)OC(=O)CCCCCCCCCCCCCCCCCCCCCC. The van der Waals surface area contributed by atoms with Crippen molar-refractivity contribution in [3.63, 3.8) is 0 Å². The Morgan fingerprint density at radius 1 is 0.518 bits per heavy atom. The van der Waals surface area contributed by atoms with Crippen LogP contribution in [0.15, 0.2) is 12.2 Å². The zero-order valence-corrected chi connectivity index (χ0v) is 37.5. The zero-order chi connectivity index (χ0) is 41.1. The Kier molecular flexibility index (Phi) is 42.4. The molecule has 10 heteroatoms. The molecule has 0 saturated carbocycles. The maximum Gasteiger partial charge on any atom is 0.472 e. The molecule has 332 valence electrons. The van der Waals surface area contributed by atoms with Crippen LogP contribution in [0.1, 0.15) is 239 Å². The van der Waals surface area contributed by atoms with Crippen LogP contribution in [0.4, 0.5) is 0 Å². The third-order valence-corrected chi connectivity index (χ3v) is 11.4. The van der Waals surface area contributed by atoms with Crippen LogP contribution in [0, 0.1) is 0 Å². The Labute approximate surface area is 345 Å². The number of carbonyl (C=O) groups excluding carboxylic acids is 2. The van der Waals surface area contributed by atoms with Gasteiger partial charge >= 0.3 is 19.8 Å². The van der Waals surface area contributed by atoms with Gasteiger partial charge in [-0.2, -0.15) is 0 Å². The van der Waals surface area contributed by atoms with Crippen molar-refractivity contribution >= 4 is 19.8 Å². The van der Waals surface area contributed by atoms with Crippen LogP contribution in [-0.2, 0) is 32.7 Å². The number of allylic oxidation sites excluding steroid dienone is 2. The second kappa shape index (κ2) is 43.3. The van der Waals surface area contributed by atoms with E-state index in [1.54, 1.807) is 0 Å². The van der Waals surface area contributed by atoms with Crippen molar-refractivity contribution in [2.45, 2.75) is 245 Å². The fraction of sp³-hybridized carbons (Fsp3) is 0.913. The number of hydrogen-bond donors (Lipinski definition) is 2. The predicted molar refractivity (Wildman–Crippen MR) is 234 cm³/mol. The molecule has 0 aromatic carbocycles. The summed E-state index contributed by atoms with van der Waals surface area (Å²) in [7, 11) is -4.37. The van der Waals surface area contributed by atoms with E-state index in [0.29, 0.717) is 6.42 Å². The molecule has 0 aliphatic rings. The first-order valence-electron chi connectivity index (χ1n) is 23.7. The highest BCUT2D eigenvalue weighted by atomic mass is 31.2. The summed E-state index contributed by atoms with van der Waals surface area (Å²) in [5, 5.41) is 0. The standard InChI is InChI=1S/C46H90NO8P/c1-3-5-7-9-11-13-15-17-19-20-21-22-23-25-27-29-31-33-35-37-39-46(49)55-44(43-54-56(50,51)53-41-40-47)42-52-45(48)38-36-34-32-30-28-26-24-18-16-14-12-10-8-6-4-2/h14,16,44H,3-13,15,17-43,47H2,1-2H3,(H,50,51)/b16-14+/t44-/m1/s1. The van der Waals surface area contributed by atoms with Gasteiger partial charge < -0.3 is 20.1 Å². The summed E-state index contributed by atoms with van der Waals surface area (Å²) >= 11 is 0.